The molecule has 3 heterocycles. The van der Waals surface area contributed by atoms with Crippen LogP contribution in [0.2, 0.25) is 0 Å². The number of nitrogens with two attached hydrogens (primary N) is 2. The maximum Gasteiger partial charge on any atom is 0.334 e. The van der Waals surface area contributed by atoms with Gasteiger partial charge >= 0.3 is 6.03 Å². The van der Waals surface area contributed by atoms with E-state index in [-0.39, 0.29) is 17.6 Å². The van der Waals surface area contributed by atoms with Crippen molar-refractivity contribution in [3.05, 3.63) is 35.0 Å². The maximum atomic E-state index is 13.8. The number of likely N-dealkylation sites (tertiary alicyclic amines) is 1. The van der Waals surface area contributed by atoms with Crippen LogP contribution in [0, 0.1) is 0 Å². The van der Waals surface area contributed by atoms with Crippen molar-refractivity contribution in [2.24, 2.45) is 11.5 Å². The van der Waals surface area contributed by atoms with Gasteiger partial charge in [0.1, 0.15) is 5.69 Å². The number of primary amides is 1. The van der Waals surface area contributed by atoms with Crippen LogP contribution in [-0.4, -0.2) is 83.8 Å². The highest BCUT2D eigenvalue weighted by molar-refractivity contribution is 6.25. The molecular weight excluding hydrogens is 462 g/mol. The van der Waals surface area contributed by atoms with Gasteiger partial charge in [0.05, 0.1) is 35.7 Å². The number of unbranched alkanes of at least 4 members (excludes halogenated alkanes) is 1. The Bertz CT molecular complexity index is 1150. The van der Waals surface area contributed by atoms with Crippen molar-refractivity contribution in [2.45, 2.75) is 38.0 Å². The van der Waals surface area contributed by atoms with E-state index in [0.29, 0.717) is 80.4 Å². The SMILES string of the molecule is NCCCCC(=O)N1CCC(c2[nH]nc3c2C(=O)c2c-3cccc2N(C(N)=O)N2CCOCC2)CC1. The summed E-state index contributed by atoms with van der Waals surface area (Å²) in [5.74, 6) is 0.112. The second kappa shape index (κ2) is 10.4. The third-order valence-corrected chi connectivity index (χ3v) is 7.35. The van der Waals surface area contributed by atoms with Gasteiger partial charge in [0.25, 0.3) is 0 Å². The molecule has 5 rings (SSSR count). The number of nitrogens with zero attached hydrogens (tertiary/aromatic N) is 4. The second-order valence-electron chi connectivity index (χ2n) is 9.51. The lowest BCUT2D eigenvalue weighted by atomic mass is 9.90. The smallest absolute Gasteiger partial charge is 0.334 e. The Labute approximate surface area is 209 Å². The highest BCUT2D eigenvalue weighted by Gasteiger charge is 2.39. The minimum Gasteiger partial charge on any atom is -0.379 e. The molecule has 0 unspecified atom stereocenters. The quantitative estimate of drug-likeness (QED) is 0.421. The fraction of sp³-hybridized carbons (Fsp3) is 0.520. The average Bonchev–Trinajstić information content (AvgIpc) is 3.45. The van der Waals surface area contributed by atoms with Crippen LogP contribution in [0.1, 0.15) is 59.6 Å². The number of ether oxygens (including phenoxy) is 1. The van der Waals surface area contributed by atoms with Crippen LogP contribution in [0.15, 0.2) is 18.2 Å². The number of aromatic nitrogens is 2. The molecule has 3 amide bonds. The summed E-state index contributed by atoms with van der Waals surface area (Å²) in [6.07, 6.45) is 3.71. The molecule has 3 aliphatic rings. The fourth-order valence-electron chi connectivity index (χ4n) is 5.51. The van der Waals surface area contributed by atoms with Gasteiger partial charge in [-0.15, -0.1) is 0 Å². The van der Waals surface area contributed by atoms with Crippen molar-refractivity contribution in [3.63, 3.8) is 0 Å². The Morgan fingerprint density at radius 3 is 2.56 bits per heavy atom. The molecule has 11 heteroatoms. The maximum absolute atomic E-state index is 13.8. The van der Waals surface area contributed by atoms with E-state index in [2.05, 4.69) is 10.2 Å². The summed E-state index contributed by atoms with van der Waals surface area (Å²) in [6, 6.07) is 4.78. The Morgan fingerprint density at radius 1 is 1.11 bits per heavy atom. The molecule has 11 nitrogen and oxygen atoms in total. The normalized spacial score (nSPS) is 18.2. The summed E-state index contributed by atoms with van der Waals surface area (Å²) < 4.78 is 5.42. The van der Waals surface area contributed by atoms with Crippen LogP contribution in [0.25, 0.3) is 11.3 Å². The summed E-state index contributed by atoms with van der Waals surface area (Å²) in [7, 11) is 0. The van der Waals surface area contributed by atoms with Crippen molar-refractivity contribution in [3.8, 4) is 11.3 Å². The summed E-state index contributed by atoms with van der Waals surface area (Å²) >= 11 is 0. The number of urea groups is 1. The highest BCUT2D eigenvalue weighted by Crippen LogP contribution is 2.44. The molecule has 1 aliphatic carbocycles. The van der Waals surface area contributed by atoms with Gasteiger partial charge in [-0.3, -0.25) is 14.7 Å². The summed E-state index contributed by atoms with van der Waals surface area (Å²) in [5.41, 5.74) is 14.9. The molecule has 2 fully saturated rings. The molecule has 5 N–H and O–H groups in total. The van der Waals surface area contributed by atoms with Gasteiger partial charge in [0.15, 0.2) is 5.78 Å². The molecule has 2 aliphatic heterocycles. The first-order valence-corrected chi connectivity index (χ1v) is 12.7. The van der Waals surface area contributed by atoms with E-state index in [1.54, 1.807) is 6.07 Å². The number of hydrazine groups is 1. The highest BCUT2D eigenvalue weighted by atomic mass is 16.5. The van der Waals surface area contributed by atoms with E-state index in [9.17, 15) is 14.4 Å². The van der Waals surface area contributed by atoms with Crippen LogP contribution in [0.3, 0.4) is 0 Å². The number of rotatable bonds is 7. The number of ketones is 1. The zero-order chi connectivity index (χ0) is 25.2. The zero-order valence-electron chi connectivity index (χ0n) is 20.4. The molecule has 36 heavy (non-hydrogen) atoms. The van der Waals surface area contributed by atoms with Gasteiger partial charge in [-0.05, 0) is 38.3 Å². The van der Waals surface area contributed by atoms with Crippen molar-refractivity contribution < 1.29 is 19.1 Å². The molecule has 0 atom stereocenters. The topological polar surface area (TPSA) is 151 Å². The van der Waals surface area contributed by atoms with E-state index < -0.39 is 6.03 Å². The lowest BCUT2D eigenvalue weighted by Crippen LogP contribution is -2.54. The summed E-state index contributed by atoms with van der Waals surface area (Å²) in [4.78, 5) is 40.7. The number of amides is 3. The molecule has 192 valence electrons. The molecule has 0 saturated carbocycles. The molecular formula is C25H33N7O4. The third-order valence-electron chi connectivity index (χ3n) is 7.35. The van der Waals surface area contributed by atoms with E-state index >= 15 is 0 Å². The van der Waals surface area contributed by atoms with Crippen molar-refractivity contribution in [1.82, 2.24) is 20.1 Å². The number of carbonyl (C=O) groups excluding carboxylic acids is 3. The van der Waals surface area contributed by atoms with Crippen LogP contribution >= 0.6 is 0 Å². The van der Waals surface area contributed by atoms with Gasteiger partial charge in [0.2, 0.25) is 5.91 Å². The molecule has 2 saturated heterocycles. The lowest BCUT2D eigenvalue weighted by Gasteiger charge is -2.36. The standard InChI is InChI=1S/C25H33N7O4/c26-9-2-1-6-19(33)30-10-7-16(8-11-30)22-21-23(29-28-22)17-4-3-5-18(20(17)24(21)34)32(25(27)35)31-12-14-36-15-13-31/h3-5,16H,1-2,6-15,26H2,(H2,27,35)(H,28,29). The monoisotopic (exact) mass is 495 g/mol. The predicted octanol–water partition coefficient (Wildman–Crippen LogP) is 1.59. The fourth-order valence-corrected chi connectivity index (χ4v) is 5.51. The molecule has 1 aromatic heterocycles. The number of nitrogens with one attached hydrogen (secondary N) is 1. The van der Waals surface area contributed by atoms with Crippen molar-refractivity contribution in [1.29, 1.82) is 0 Å². The Kier molecular flexibility index (Phi) is 7.04. The van der Waals surface area contributed by atoms with E-state index in [0.717, 1.165) is 31.4 Å². The number of aromatic amines is 1. The number of anilines is 1. The molecule has 1 aromatic carbocycles. The van der Waals surface area contributed by atoms with Gasteiger partial charge in [0, 0.05) is 44.1 Å². The number of morpholine rings is 1. The van der Waals surface area contributed by atoms with Crippen LogP contribution in [0.4, 0.5) is 10.5 Å². The number of benzene rings is 1. The molecule has 2 aromatic rings. The average molecular weight is 496 g/mol. The number of H-pyrrole nitrogens is 1. The van der Waals surface area contributed by atoms with Gasteiger partial charge in [-0.1, -0.05) is 12.1 Å². The second-order valence-corrected chi connectivity index (χ2v) is 9.51. The van der Waals surface area contributed by atoms with Gasteiger partial charge < -0.3 is 21.1 Å². The van der Waals surface area contributed by atoms with Crippen molar-refractivity contribution >= 4 is 23.4 Å². The lowest BCUT2D eigenvalue weighted by molar-refractivity contribution is -0.132. The largest absolute Gasteiger partial charge is 0.379 e. The molecule has 0 radical (unpaired) electrons. The van der Waals surface area contributed by atoms with Crippen LogP contribution < -0.4 is 16.5 Å². The number of hydrogen-bond acceptors (Lipinski definition) is 7. The number of hydrogen-bond donors (Lipinski definition) is 3. The van der Waals surface area contributed by atoms with E-state index in [4.69, 9.17) is 16.2 Å². The number of carbonyl (C=O) groups is 3. The first-order chi connectivity index (χ1) is 17.5. The Morgan fingerprint density at radius 2 is 1.86 bits per heavy atom. The van der Waals surface area contributed by atoms with Crippen LogP contribution in [-0.2, 0) is 9.53 Å². The first-order valence-electron chi connectivity index (χ1n) is 12.7. The zero-order valence-corrected chi connectivity index (χ0v) is 20.4. The minimum atomic E-state index is -0.645. The Hall–Kier alpha value is -3.28. The van der Waals surface area contributed by atoms with Gasteiger partial charge in [-0.2, -0.15) is 5.10 Å². The first kappa shape index (κ1) is 24.4. The predicted molar refractivity (Wildman–Crippen MR) is 133 cm³/mol. The molecule has 0 spiro atoms. The number of piperidine rings is 1. The van der Waals surface area contributed by atoms with Crippen molar-refractivity contribution in [2.75, 3.05) is 50.9 Å². The third kappa shape index (κ3) is 4.38. The van der Waals surface area contributed by atoms with Crippen LogP contribution in [0.5, 0.6) is 0 Å². The Balaban J connectivity index is 1.37. The van der Waals surface area contributed by atoms with Gasteiger partial charge in [-0.25, -0.2) is 14.8 Å². The minimum absolute atomic E-state index is 0.0996. The van der Waals surface area contributed by atoms with E-state index in [1.165, 1.54) is 5.01 Å². The summed E-state index contributed by atoms with van der Waals surface area (Å²) in [5, 5.41) is 10.8. The summed E-state index contributed by atoms with van der Waals surface area (Å²) in [6.45, 7) is 3.86. The van der Waals surface area contributed by atoms with E-state index in [1.807, 2.05) is 22.0 Å². The molecule has 0 bridgehead atoms. The number of fused-ring (bicyclic) bond motifs is 3.